The molecule has 25 heavy (non-hydrogen) atoms. The van der Waals surface area contributed by atoms with Crippen molar-refractivity contribution in [2.75, 3.05) is 25.6 Å². The lowest BCUT2D eigenvalue weighted by Crippen LogP contribution is -2.38. The molecule has 2 N–H and O–H groups in total. The normalized spacial score (nSPS) is 11.6. The van der Waals surface area contributed by atoms with E-state index in [9.17, 15) is 4.79 Å². The minimum Gasteiger partial charge on any atom is -0.456 e. The zero-order valence-electron chi connectivity index (χ0n) is 14.4. The lowest BCUT2D eigenvalue weighted by atomic mass is 10.2. The molecule has 5 nitrogen and oxygen atoms in total. The number of halogens is 1. The van der Waals surface area contributed by atoms with Gasteiger partial charge < -0.3 is 20.1 Å². The van der Waals surface area contributed by atoms with E-state index in [0.717, 1.165) is 12.1 Å². The van der Waals surface area contributed by atoms with Crippen LogP contribution in [-0.4, -0.2) is 32.2 Å². The molecule has 0 aliphatic heterocycles. The van der Waals surface area contributed by atoms with Gasteiger partial charge in [-0.25, -0.2) is 0 Å². The van der Waals surface area contributed by atoms with E-state index in [1.165, 1.54) is 0 Å². The third kappa shape index (κ3) is 6.29. The van der Waals surface area contributed by atoms with Crippen molar-refractivity contribution in [3.05, 3.63) is 53.6 Å². The van der Waals surface area contributed by atoms with Gasteiger partial charge in [0.2, 0.25) is 5.91 Å². The summed E-state index contributed by atoms with van der Waals surface area (Å²) in [5, 5.41) is 6.59. The van der Waals surface area contributed by atoms with Crippen molar-refractivity contribution in [2.45, 2.75) is 19.4 Å². The summed E-state index contributed by atoms with van der Waals surface area (Å²) in [6, 6.07) is 14.3. The van der Waals surface area contributed by atoms with Gasteiger partial charge in [-0.2, -0.15) is 0 Å². The Hall–Kier alpha value is -2.24. The van der Waals surface area contributed by atoms with Gasteiger partial charge in [-0.05, 0) is 49.7 Å². The average molecular weight is 363 g/mol. The summed E-state index contributed by atoms with van der Waals surface area (Å²) >= 11 is 6.08. The third-order valence-corrected chi connectivity index (χ3v) is 3.83. The summed E-state index contributed by atoms with van der Waals surface area (Å²) < 4.78 is 10.7. The number of amides is 1. The summed E-state index contributed by atoms with van der Waals surface area (Å²) in [4.78, 5) is 12.0. The molecule has 134 valence electrons. The number of ether oxygens (including phenoxy) is 2. The van der Waals surface area contributed by atoms with Crippen LogP contribution in [0.1, 0.15) is 13.3 Å². The van der Waals surface area contributed by atoms with E-state index in [1.54, 1.807) is 13.2 Å². The van der Waals surface area contributed by atoms with Crippen LogP contribution in [-0.2, 0) is 9.53 Å². The van der Waals surface area contributed by atoms with E-state index in [0.29, 0.717) is 29.7 Å². The summed E-state index contributed by atoms with van der Waals surface area (Å²) in [5.41, 5.74) is 0.839. The number of benzene rings is 2. The number of nitrogens with one attached hydrogen (secondary N) is 2. The second-order valence-electron chi connectivity index (χ2n) is 5.56. The molecule has 6 heteroatoms. The summed E-state index contributed by atoms with van der Waals surface area (Å²) in [7, 11) is 1.64. The molecule has 0 aliphatic rings. The monoisotopic (exact) mass is 362 g/mol. The zero-order chi connectivity index (χ0) is 18.1. The molecule has 0 aromatic heterocycles. The lowest BCUT2D eigenvalue weighted by Gasteiger charge is -2.15. The highest BCUT2D eigenvalue weighted by atomic mass is 35.5. The van der Waals surface area contributed by atoms with E-state index < -0.39 is 0 Å². The van der Waals surface area contributed by atoms with Gasteiger partial charge in [-0.15, -0.1) is 0 Å². The van der Waals surface area contributed by atoms with Crippen LogP contribution >= 0.6 is 11.6 Å². The molecular formula is C19H23ClN2O3. The Labute approximate surface area is 153 Å². The summed E-state index contributed by atoms with van der Waals surface area (Å²) in [6.07, 6.45) is 0.795. The molecule has 0 saturated carbocycles. The number of para-hydroxylation sites is 1. The van der Waals surface area contributed by atoms with Gasteiger partial charge in [-0.1, -0.05) is 23.7 Å². The topological polar surface area (TPSA) is 59.6 Å². The van der Waals surface area contributed by atoms with Crippen molar-refractivity contribution in [1.29, 1.82) is 0 Å². The van der Waals surface area contributed by atoms with E-state index in [4.69, 9.17) is 21.1 Å². The number of rotatable bonds is 9. The van der Waals surface area contributed by atoms with E-state index >= 15 is 0 Å². The predicted molar refractivity (Wildman–Crippen MR) is 101 cm³/mol. The van der Waals surface area contributed by atoms with E-state index in [1.807, 2.05) is 49.4 Å². The fourth-order valence-electron chi connectivity index (χ4n) is 2.17. The molecule has 1 atom stereocenters. The highest BCUT2D eigenvalue weighted by molar-refractivity contribution is 6.32. The first-order valence-corrected chi connectivity index (χ1v) is 8.53. The fourth-order valence-corrected chi connectivity index (χ4v) is 2.34. The molecule has 0 radical (unpaired) electrons. The van der Waals surface area contributed by atoms with Crippen molar-refractivity contribution < 1.29 is 14.3 Å². The minimum atomic E-state index is -0.335. The summed E-state index contributed by atoms with van der Waals surface area (Å²) in [6.45, 7) is 3.05. The van der Waals surface area contributed by atoms with Gasteiger partial charge in [0.05, 0.1) is 5.02 Å². The van der Waals surface area contributed by atoms with Crippen molar-refractivity contribution in [3.8, 4) is 11.5 Å². The molecule has 0 saturated heterocycles. The Balaban J connectivity index is 1.85. The van der Waals surface area contributed by atoms with E-state index in [-0.39, 0.29) is 11.9 Å². The van der Waals surface area contributed by atoms with Gasteiger partial charge in [0.25, 0.3) is 0 Å². The second kappa shape index (κ2) is 9.91. The predicted octanol–water partition coefficient (Wildman–Crippen LogP) is 4.09. The molecular weight excluding hydrogens is 340 g/mol. The van der Waals surface area contributed by atoms with Crippen LogP contribution in [0.3, 0.4) is 0 Å². The molecule has 1 amide bonds. The smallest absolute Gasteiger partial charge is 0.242 e. The minimum absolute atomic E-state index is 0.0486. The average Bonchev–Trinajstić information content (AvgIpc) is 2.62. The van der Waals surface area contributed by atoms with Crippen LogP contribution in [0, 0.1) is 0 Å². The maximum Gasteiger partial charge on any atom is 0.242 e. The van der Waals surface area contributed by atoms with E-state index in [2.05, 4.69) is 10.6 Å². The number of hydrogen-bond donors (Lipinski definition) is 2. The van der Waals surface area contributed by atoms with Crippen LogP contribution in [0.25, 0.3) is 0 Å². The molecule has 2 rings (SSSR count). The first-order chi connectivity index (χ1) is 12.1. The maximum absolute atomic E-state index is 12.0. The van der Waals surface area contributed by atoms with Gasteiger partial charge >= 0.3 is 0 Å². The van der Waals surface area contributed by atoms with Crippen LogP contribution in [0.2, 0.25) is 5.02 Å². The first-order valence-electron chi connectivity index (χ1n) is 8.16. The quantitative estimate of drug-likeness (QED) is 0.660. The molecule has 2 aromatic rings. The molecule has 1 unspecified atom stereocenters. The molecule has 2 aromatic carbocycles. The van der Waals surface area contributed by atoms with Crippen molar-refractivity contribution in [1.82, 2.24) is 5.32 Å². The van der Waals surface area contributed by atoms with Crippen molar-refractivity contribution >= 4 is 23.2 Å². The molecule has 0 heterocycles. The molecule has 0 fully saturated rings. The molecule has 0 spiro atoms. The molecule has 0 bridgehead atoms. The van der Waals surface area contributed by atoms with Gasteiger partial charge in [0, 0.05) is 25.9 Å². The standard InChI is InChI=1S/C19H23ClN2O3/c1-14(19(23)21-12-5-13-24-2)22-15-8-10-16(11-9-15)25-18-7-4-3-6-17(18)20/h3-4,6-11,14,22H,5,12-13H2,1-2H3,(H,21,23). The van der Waals surface area contributed by atoms with Crippen molar-refractivity contribution in [2.24, 2.45) is 0 Å². The Morgan fingerprint density at radius 3 is 2.56 bits per heavy atom. The first kappa shape index (κ1) is 19.1. The Morgan fingerprint density at radius 1 is 1.16 bits per heavy atom. The maximum atomic E-state index is 12.0. The zero-order valence-corrected chi connectivity index (χ0v) is 15.2. The summed E-state index contributed by atoms with van der Waals surface area (Å²) in [5.74, 6) is 1.23. The third-order valence-electron chi connectivity index (χ3n) is 3.52. The van der Waals surface area contributed by atoms with Gasteiger partial charge in [0.1, 0.15) is 17.5 Å². The largest absolute Gasteiger partial charge is 0.456 e. The van der Waals surface area contributed by atoms with Crippen LogP contribution in [0.5, 0.6) is 11.5 Å². The highest BCUT2D eigenvalue weighted by Crippen LogP contribution is 2.29. The number of carbonyl (C=O) groups is 1. The number of carbonyl (C=O) groups excluding carboxylic acids is 1. The second-order valence-corrected chi connectivity index (χ2v) is 5.97. The number of methoxy groups -OCH3 is 1. The fraction of sp³-hybridized carbons (Fsp3) is 0.316. The van der Waals surface area contributed by atoms with Crippen molar-refractivity contribution in [3.63, 3.8) is 0 Å². The Kier molecular flexibility index (Phi) is 7.57. The Bertz CT molecular complexity index is 677. The Morgan fingerprint density at radius 2 is 1.88 bits per heavy atom. The van der Waals surface area contributed by atoms with Crippen LogP contribution in [0.4, 0.5) is 5.69 Å². The number of hydrogen-bond acceptors (Lipinski definition) is 4. The molecule has 0 aliphatic carbocycles. The lowest BCUT2D eigenvalue weighted by molar-refractivity contribution is -0.121. The van der Waals surface area contributed by atoms with Crippen LogP contribution < -0.4 is 15.4 Å². The van der Waals surface area contributed by atoms with Crippen LogP contribution in [0.15, 0.2) is 48.5 Å². The van der Waals surface area contributed by atoms with Gasteiger partial charge in [-0.3, -0.25) is 4.79 Å². The number of anilines is 1. The SMILES string of the molecule is COCCCNC(=O)C(C)Nc1ccc(Oc2ccccc2Cl)cc1. The van der Waals surface area contributed by atoms with Gasteiger partial charge in [0.15, 0.2) is 0 Å². The highest BCUT2D eigenvalue weighted by Gasteiger charge is 2.12.